The number of nitrogens with zero attached hydrogens (tertiary/aromatic N) is 1. The molecule has 100 valence electrons. The first-order chi connectivity index (χ1) is 8.52. The molecule has 0 spiro atoms. The van der Waals surface area contributed by atoms with E-state index in [1.54, 1.807) is 24.1 Å². The molecular weight excluding hydrogens is 235 g/mol. The number of nitrogen functional groups attached to an aromatic ring is 1. The maximum absolute atomic E-state index is 13.4. The molecule has 1 aliphatic rings. The molecule has 0 atom stereocenters. The van der Waals surface area contributed by atoms with E-state index in [0.29, 0.717) is 38.3 Å². The summed E-state index contributed by atoms with van der Waals surface area (Å²) in [6.45, 7) is 1.54. The van der Waals surface area contributed by atoms with Crippen molar-refractivity contribution in [3.63, 3.8) is 0 Å². The van der Waals surface area contributed by atoms with Crippen LogP contribution in [0.1, 0.15) is 12.8 Å². The van der Waals surface area contributed by atoms with Crippen molar-refractivity contribution in [2.45, 2.75) is 18.4 Å². The van der Waals surface area contributed by atoms with Crippen molar-refractivity contribution in [3.8, 4) is 0 Å². The van der Waals surface area contributed by atoms with E-state index in [1.807, 2.05) is 0 Å². The van der Waals surface area contributed by atoms with Crippen molar-refractivity contribution in [1.82, 2.24) is 0 Å². The number of rotatable bonds is 3. The Hall–Kier alpha value is -1.33. The Morgan fingerprint density at radius 3 is 2.78 bits per heavy atom. The minimum absolute atomic E-state index is 0.121. The highest BCUT2D eigenvalue weighted by molar-refractivity contribution is 5.67. The molecule has 4 nitrogen and oxygen atoms in total. The Morgan fingerprint density at radius 1 is 1.44 bits per heavy atom. The van der Waals surface area contributed by atoms with Gasteiger partial charge >= 0.3 is 0 Å². The molecule has 0 unspecified atom stereocenters. The fraction of sp³-hybridized carbons (Fsp3) is 0.538. The number of benzene rings is 1. The van der Waals surface area contributed by atoms with E-state index < -0.39 is 11.4 Å². The van der Waals surface area contributed by atoms with Crippen molar-refractivity contribution in [2.75, 3.05) is 37.4 Å². The first-order valence-corrected chi connectivity index (χ1v) is 6.07. The highest BCUT2D eigenvalue weighted by atomic mass is 19.1. The molecule has 0 radical (unpaired) electrons. The van der Waals surface area contributed by atoms with Crippen molar-refractivity contribution in [2.24, 2.45) is 0 Å². The lowest BCUT2D eigenvalue weighted by Crippen LogP contribution is -2.45. The lowest BCUT2D eigenvalue weighted by atomic mass is 9.93. The monoisotopic (exact) mass is 254 g/mol. The molecule has 5 heteroatoms. The van der Waals surface area contributed by atoms with Gasteiger partial charge < -0.3 is 20.5 Å². The summed E-state index contributed by atoms with van der Waals surface area (Å²) in [6.07, 6.45) is 1.18. The summed E-state index contributed by atoms with van der Waals surface area (Å²) in [6, 6.07) is 4.70. The van der Waals surface area contributed by atoms with Crippen LogP contribution in [0, 0.1) is 5.82 Å². The summed E-state index contributed by atoms with van der Waals surface area (Å²) in [5, 5.41) is 10.4. The third-order valence-electron chi connectivity index (χ3n) is 3.40. The number of hydrogen-bond acceptors (Lipinski definition) is 4. The van der Waals surface area contributed by atoms with Crippen molar-refractivity contribution in [3.05, 3.63) is 24.0 Å². The summed E-state index contributed by atoms with van der Waals surface area (Å²) in [5.74, 6) is -0.432. The van der Waals surface area contributed by atoms with Gasteiger partial charge in [0.05, 0.1) is 17.0 Å². The summed E-state index contributed by atoms with van der Waals surface area (Å²) in [5.41, 5.74) is 5.65. The fourth-order valence-corrected chi connectivity index (χ4v) is 2.29. The van der Waals surface area contributed by atoms with Gasteiger partial charge in [-0.15, -0.1) is 0 Å². The first-order valence-electron chi connectivity index (χ1n) is 6.07. The second-order valence-electron chi connectivity index (χ2n) is 4.87. The minimum atomic E-state index is -0.786. The van der Waals surface area contributed by atoms with Gasteiger partial charge in [-0.2, -0.15) is 0 Å². The molecule has 18 heavy (non-hydrogen) atoms. The van der Waals surface area contributed by atoms with Crippen LogP contribution in [-0.2, 0) is 4.74 Å². The molecule has 1 aromatic carbocycles. The van der Waals surface area contributed by atoms with Gasteiger partial charge in [-0.3, -0.25) is 0 Å². The standard InChI is InChI=1S/C13H19FN2O2/c1-16(9-13(17)5-7-18-8-6-13)11-4-2-3-10(14)12(11)15/h2-4,17H,5-9,15H2,1H3. The average molecular weight is 254 g/mol. The van der Waals surface area contributed by atoms with Crippen molar-refractivity contribution in [1.29, 1.82) is 0 Å². The van der Waals surface area contributed by atoms with Crippen LogP contribution in [-0.4, -0.2) is 37.5 Å². The fourth-order valence-electron chi connectivity index (χ4n) is 2.29. The van der Waals surface area contributed by atoms with E-state index >= 15 is 0 Å². The van der Waals surface area contributed by atoms with Crippen LogP contribution in [0.15, 0.2) is 18.2 Å². The maximum atomic E-state index is 13.4. The van der Waals surface area contributed by atoms with Gasteiger partial charge in [0.25, 0.3) is 0 Å². The molecule has 0 aromatic heterocycles. The number of para-hydroxylation sites is 1. The van der Waals surface area contributed by atoms with Gasteiger partial charge in [-0.1, -0.05) is 6.07 Å². The highest BCUT2D eigenvalue weighted by Crippen LogP contribution is 2.28. The van der Waals surface area contributed by atoms with Gasteiger partial charge in [0.2, 0.25) is 0 Å². The number of aliphatic hydroxyl groups is 1. The zero-order valence-electron chi connectivity index (χ0n) is 10.5. The largest absolute Gasteiger partial charge is 0.395 e. The van der Waals surface area contributed by atoms with E-state index in [4.69, 9.17) is 10.5 Å². The predicted molar refractivity (Wildman–Crippen MR) is 69.1 cm³/mol. The lowest BCUT2D eigenvalue weighted by Gasteiger charge is -2.36. The van der Waals surface area contributed by atoms with Gasteiger partial charge in [0.15, 0.2) is 0 Å². The molecule has 1 fully saturated rings. The van der Waals surface area contributed by atoms with Crippen molar-refractivity contribution >= 4 is 11.4 Å². The Bertz CT molecular complexity index is 419. The van der Waals surface area contributed by atoms with Gasteiger partial charge in [0, 0.05) is 39.6 Å². The number of halogens is 1. The molecule has 0 amide bonds. The molecule has 0 aliphatic carbocycles. The average Bonchev–Trinajstić information content (AvgIpc) is 2.33. The molecule has 2 rings (SSSR count). The quantitative estimate of drug-likeness (QED) is 0.800. The number of likely N-dealkylation sites (N-methyl/N-ethyl adjacent to an activating group) is 1. The SMILES string of the molecule is CN(CC1(O)CCOCC1)c1cccc(F)c1N. The Kier molecular flexibility index (Phi) is 3.73. The lowest BCUT2D eigenvalue weighted by molar-refractivity contribution is -0.0572. The Morgan fingerprint density at radius 2 is 2.11 bits per heavy atom. The van der Waals surface area contributed by atoms with Crippen LogP contribution in [0.2, 0.25) is 0 Å². The Balaban J connectivity index is 2.11. The third kappa shape index (κ3) is 2.73. The number of anilines is 2. The zero-order chi connectivity index (χ0) is 13.2. The van der Waals surface area contributed by atoms with E-state index in [2.05, 4.69) is 0 Å². The van der Waals surface area contributed by atoms with Gasteiger partial charge in [0.1, 0.15) is 5.82 Å². The van der Waals surface area contributed by atoms with Gasteiger partial charge in [-0.05, 0) is 12.1 Å². The minimum Gasteiger partial charge on any atom is -0.395 e. The molecular formula is C13H19FN2O2. The first kappa shape index (κ1) is 13.1. The van der Waals surface area contributed by atoms with Crippen LogP contribution in [0.25, 0.3) is 0 Å². The smallest absolute Gasteiger partial charge is 0.148 e. The molecule has 0 bridgehead atoms. The molecule has 1 aromatic rings. The van der Waals surface area contributed by atoms with Crippen LogP contribution in [0.3, 0.4) is 0 Å². The molecule has 3 N–H and O–H groups in total. The second kappa shape index (κ2) is 5.12. The van der Waals surface area contributed by atoms with Crippen LogP contribution >= 0.6 is 0 Å². The normalized spacial score (nSPS) is 18.6. The van der Waals surface area contributed by atoms with Crippen LogP contribution in [0.5, 0.6) is 0 Å². The number of ether oxygens (including phenoxy) is 1. The summed E-state index contributed by atoms with van der Waals surface area (Å²) in [4.78, 5) is 1.80. The molecule has 1 heterocycles. The summed E-state index contributed by atoms with van der Waals surface area (Å²) in [7, 11) is 1.80. The van der Waals surface area contributed by atoms with E-state index in [-0.39, 0.29) is 5.69 Å². The highest BCUT2D eigenvalue weighted by Gasteiger charge is 2.31. The van der Waals surface area contributed by atoms with Crippen molar-refractivity contribution < 1.29 is 14.2 Å². The third-order valence-corrected chi connectivity index (χ3v) is 3.40. The Labute approximate surface area is 106 Å². The number of nitrogens with two attached hydrogens (primary N) is 1. The van der Waals surface area contributed by atoms with E-state index in [1.165, 1.54) is 6.07 Å². The van der Waals surface area contributed by atoms with E-state index in [0.717, 1.165) is 0 Å². The zero-order valence-corrected chi connectivity index (χ0v) is 10.5. The summed E-state index contributed by atoms with van der Waals surface area (Å²) >= 11 is 0. The van der Waals surface area contributed by atoms with Crippen LogP contribution < -0.4 is 10.6 Å². The molecule has 0 saturated carbocycles. The topological polar surface area (TPSA) is 58.7 Å². The second-order valence-corrected chi connectivity index (χ2v) is 4.87. The maximum Gasteiger partial charge on any atom is 0.148 e. The number of hydrogen-bond donors (Lipinski definition) is 2. The van der Waals surface area contributed by atoms with E-state index in [9.17, 15) is 9.50 Å². The molecule has 1 aliphatic heterocycles. The van der Waals surface area contributed by atoms with Gasteiger partial charge in [-0.25, -0.2) is 4.39 Å². The van der Waals surface area contributed by atoms with Crippen LogP contribution in [0.4, 0.5) is 15.8 Å². The predicted octanol–water partition coefficient (Wildman–Crippen LogP) is 1.39. The molecule has 1 saturated heterocycles. The summed E-state index contributed by atoms with van der Waals surface area (Å²) < 4.78 is 18.6.